The molecule has 0 bridgehead atoms. The van der Waals surface area contributed by atoms with Crippen LogP contribution in [-0.4, -0.2) is 42.6 Å². The molecule has 1 aliphatic carbocycles. The second kappa shape index (κ2) is 11.8. The molecule has 0 fully saturated rings. The lowest BCUT2D eigenvalue weighted by Crippen LogP contribution is -2.53. The number of carbonyl (C=O) groups is 1. The van der Waals surface area contributed by atoms with Gasteiger partial charge in [-0.1, -0.05) is 85.3 Å². The summed E-state index contributed by atoms with van der Waals surface area (Å²) >= 11 is 0. The number of carbonyl (C=O) groups excluding carboxylic acids is 1. The van der Waals surface area contributed by atoms with E-state index in [1.807, 2.05) is 30.5 Å². The van der Waals surface area contributed by atoms with Crippen molar-refractivity contribution in [1.29, 1.82) is 0 Å². The average Bonchev–Trinajstić information content (AvgIpc) is 3.38. The van der Waals surface area contributed by atoms with Crippen LogP contribution in [0.4, 0.5) is 5.69 Å². The van der Waals surface area contributed by atoms with Crippen molar-refractivity contribution in [2.24, 2.45) is 15.7 Å². The molecule has 0 saturated heterocycles. The topological polar surface area (TPSA) is 117 Å². The molecular formula is C36H37N5O3S. The Morgan fingerprint density at radius 2 is 1.64 bits per heavy atom. The van der Waals surface area contributed by atoms with Gasteiger partial charge < -0.3 is 11.1 Å². The third-order valence-corrected chi connectivity index (χ3v) is 10.6. The van der Waals surface area contributed by atoms with E-state index in [0.717, 1.165) is 17.0 Å². The molecule has 3 aromatic rings. The van der Waals surface area contributed by atoms with Gasteiger partial charge in [-0.3, -0.25) is 9.69 Å². The zero-order valence-corrected chi connectivity index (χ0v) is 26.6. The summed E-state index contributed by atoms with van der Waals surface area (Å²) < 4.78 is 24.3. The minimum Gasteiger partial charge on any atom is -0.324 e. The number of hydrogen-bond acceptors (Lipinski definition) is 7. The fourth-order valence-corrected chi connectivity index (χ4v) is 7.16. The number of hydrogen-bond donors (Lipinski definition) is 2. The molecule has 8 nitrogen and oxygen atoms in total. The molecule has 1 amide bonds. The number of dihydropyridines is 1. The highest BCUT2D eigenvalue weighted by Crippen LogP contribution is 2.51. The number of amides is 1. The maximum atomic E-state index is 13.1. The van der Waals surface area contributed by atoms with Gasteiger partial charge in [0.2, 0.25) is 5.91 Å². The number of aliphatic imine (C=N–C) groups is 2. The number of sulfone groups is 1. The van der Waals surface area contributed by atoms with Gasteiger partial charge >= 0.3 is 0 Å². The number of amidine groups is 1. The summed E-state index contributed by atoms with van der Waals surface area (Å²) in [6, 6.07) is 21.5. The first-order valence-corrected chi connectivity index (χ1v) is 16.7. The molecule has 2 heterocycles. The number of nitrogens with one attached hydrogen (secondary N) is 1. The summed E-state index contributed by atoms with van der Waals surface area (Å²) in [5, 5.41) is 2.90. The molecule has 0 aromatic heterocycles. The second-order valence-electron chi connectivity index (χ2n) is 11.7. The Bertz CT molecular complexity index is 1890. The van der Waals surface area contributed by atoms with Crippen LogP contribution >= 0.6 is 0 Å². The van der Waals surface area contributed by atoms with E-state index in [2.05, 4.69) is 79.6 Å². The number of rotatable bonds is 8. The van der Waals surface area contributed by atoms with Gasteiger partial charge in [0.25, 0.3) is 0 Å². The molecule has 1 spiro atoms. The maximum absolute atomic E-state index is 13.1. The Balaban J connectivity index is 1.27. The normalized spacial score (nSPS) is 22.1. The number of nitrogens with two attached hydrogens (primary N) is 1. The lowest BCUT2D eigenvalue weighted by molar-refractivity contribution is -0.117. The van der Waals surface area contributed by atoms with E-state index < -0.39 is 27.3 Å². The van der Waals surface area contributed by atoms with Crippen molar-refractivity contribution in [3.05, 3.63) is 131 Å². The Hall–Kier alpha value is -4.44. The molecule has 6 rings (SSSR count). The standard InChI is InChI=1S/C36H37N5O3S/c1-5-45(43,44)30-19-15-27(16-20-30)32(37)34(42)39-29-17-13-28(14-18-29)33-40-35-36(21-7-6-8-31(36)24(3)22-38-35)41(33)25(4)26-11-9-23(2)10-12-26/h6-22,25,32-33H,5,37H2,1-4H3,(H,39,42). The first-order chi connectivity index (χ1) is 21.5. The van der Waals surface area contributed by atoms with E-state index in [-0.39, 0.29) is 22.9 Å². The largest absolute Gasteiger partial charge is 0.324 e. The molecule has 4 unspecified atom stereocenters. The van der Waals surface area contributed by atoms with E-state index >= 15 is 0 Å². The first kappa shape index (κ1) is 30.6. The van der Waals surface area contributed by atoms with E-state index in [1.54, 1.807) is 19.1 Å². The van der Waals surface area contributed by atoms with Gasteiger partial charge in [0.15, 0.2) is 15.7 Å². The van der Waals surface area contributed by atoms with Gasteiger partial charge in [-0.2, -0.15) is 0 Å². The van der Waals surface area contributed by atoms with Gasteiger partial charge in [0.1, 0.15) is 17.7 Å². The van der Waals surface area contributed by atoms with E-state index in [0.29, 0.717) is 11.3 Å². The maximum Gasteiger partial charge on any atom is 0.245 e. The van der Waals surface area contributed by atoms with Crippen molar-refractivity contribution >= 4 is 33.5 Å². The number of benzene rings is 3. The van der Waals surface area contributed by atoms with Crippen LogP contribution in [0.2, 0.25) is 0 Å². The molecule has 4 atom stereocenters. The number of anilines is 1. The SMILES string of the molecule is CCS(=O)(=O)c1ccc(C(N)C(=O)Nc2ccc(C3N=C4N=CC(C)=C5C=CC=CC45N3C(C)c3ccc(C)cc3)cc2)cc1. The van der Waals surface area contributed by atoms with Crippen molar-refractivity contribution in [2.75, 3.05) is 11.1 Å². The van der Waals surface area contributed by atoms with Crippen LogP contribution in [-0.2, 0) is 14.6 Å². The smallest absolute Gasteiger partial charge is 0.245 e. The fraction of sp³-hybridized carbons (Fsp3) is 0.250. The molecule has 2 aliphatic heterocycles. The average molecular weight is 620 g/mol. The van der Waals surface area contributed by atoms with Crippen LogP contribution in [0.5, 0.6) is 0 Å². The quantitative estimate of drug-likeness (QED) is 0.313. The van der Waals surface area contributed by atoms with Gasteiger partial charge in [-0.05, 0) is 72.9 Å². The Morgan fingerprint density at radius 1 is 0.978 bits per heavy atom. The lowest BCUT2D eigenvalue weighted by atomic mass is 9.78. The molecule has 3 aliphatic rings. The van der Waals surface area contributed by atoms with Crippen LogP contribution in [0, 0.1) is 6.92 Å². The molecule has 0 saturated carbocycles. The molecule has 45 heavy (non-hydrogen) atoms. The van der Waals surface area contributed by atoms with Crippen molar-refractivity contribution < 1.29 is 13.2 Å². The number of aryl methyl sites for hydroxylation is 1. The highest BCUT2D eigenvalue weighted by Gasteiger charge is 2.54. The predicted molar refractivity (Wildman–Crippen MR) is 180 cm³/mol. The molecule has 0 radical (unpaired) electrons. The van der Waals surface area contributed by atoms with Gasteiger partial charge in [0, 0.05) is 17.9 Å². The Kier molecular flexibility index (Phi) is 8.03. The molecule has 230 valence electrons. The zero-order chi connectivity index (χ0) is 31.9. The van der Waals surface area contributed by atoms with Crippen LogP contribution in [0.1, 0.15) is 61.3 Å². The minimum absolute atomic E-state index is 0.000167. The van der Waals surface area contributed by atoms with Gasteiger partial charge in [-0.15, -0.1) is 0 Å². The molecule has 9 heteroatoms. The first-order valence-electron chi connectivity index (χ1n) is 15.1. The summed E-state index contributed by atoms with van der Waals surface area (Å²) in [5.74, 6) is 0.367. The van der Waals surface area contributed by atoms with Crippen molar-refractivity contribution in [2.45, 2.75) is 56.4 Å². The van der Waals surface area contributed by atoms with Gasteiger partial charge in [0.05, 0.1) is 10.6 Å². The summed E-state index contributed by atoms with van der Waals surface area (Å²) in [5.41, 5.74) is 12.4. The number of allylic oxidation sites excluding steroid dienone is 3. The van der Waals surface area contributed by atoms with E-state index in [9.17, 15) is 13.2 Å². The molecular weight excluding hydrogens is 582 g/mol. The Morgan fingerprint density at radius 3 is 2.31 bits per heavy atom. The predicted octanol–water partition coefficient (Wildman–Crippen LogP) is 6.17. The molecule has 3 N–H and O–H groups in total. The monoisotopic (exact) mass is 619 g/mol. The summed E-state index contributed by atoms with van der Waals surface area (Å²) in [6.07, 6.45) is 10.1. The van der Waals surface area contributed by atoms with Crippen LogP contribution < -0.4 is 11.1 Å². The summed E-state index contributed by atoms with van der Waals surface area (Å²) in [6.45, 7) is 7.98. The third kappa shape index (κ3) is 5.41. The highest BCUT2D eigenvalue weighted by atomic mass is 32.2. The van der Waals surface area contributed by atoms with Crippen LogP contribution in [0.15, 0.2) is 123 Å². The lowest BCUT2D eigenvalue weighted by Gasteiger charge is -2.45. The minimum atomic E-state index is -3.34. The second-order valence-corrected chi connectivity index (χ2v) is 14.0. The molecule has 3 aromatic carbocycles. The zero-order valence-electron chi connectivity index (χ0n) is 25.8. The van der Waals surface area contributed by atoms with Crippen molar-refractivity contribution in [1.82, 2.24) is 4.90 Å². The van der Waals surface area contributed by atoms with E-state index in [4.69, 9.17) is 15.7 Å². The van der Waals surface area contributed by atoms with Crippen molar-refractivity contribution in [3.63, 3.8) is 0 Å². The fourth-order valence-electron chi connectivity index (χ4n) is 6.28. The Labute approximate surface area is 264 Å². The third-order valence-electron chi connectivity index (χ3n) is 8.90. The number of nitrogens with zero attached hydrogens (tertiary/aromatic N) is 3. The van der Waals surface area contributed by atoms with Crippen LogP contribution in [0.3, 0.4) is 0 Å². The van der Waals surface area contributed by atoms with E-state index in [1.165, 1.54) is 28.8 Å². The van der Waals surface area contributed by atoms with Crippen LogP contribution in [0.25, 0.3) is 0 Å². The van der Waals surface area contributed by atoms with Crippen molar-refractivity contribution in [3.8, 4) is 0 Å². The highest BCUT2D eigenvalue weighted by molar-refractivity contribution is 7.91. The summed E-state index contributed by atoms with van der Waals surface area (Å²) in [4.78, 5) is 25.7. The van der Waals surface area contributed by atoms with Gasteiger partial charge in [-0.25, -0.2) is 18.4 Å². The summed E-state index contributed by atoms with van der Waals surface area (Å²) in [7, 11) is -3.34.